The Hall–Kier alpha value is -2.24. The quantitative estimate of drug-likeness (QED) is 0.743. The predicted octanol–water partition coefficient (Wildman–Crippen LogP) is 2.15. The molecule has 0 unspecified atom stereocenters. The van der Waals surface area contributed by atoms with E-state index in [4.69, 9.17) is 19.9 Å². The number of carbonyl (C=O) groups excluding carboxylic acids is 2. The van der Waals surface area contributed by atoms with Crippen molar-refractivity contribution in [2.45, 2.75) is 33.8 Å². The Kier molecular flexibility index (Phi) is 6.69. The molecule has 1 amide bonds. The fourth-order valence-corrected chi connectivity index (χ4v) is 1.57. The van der Waals surface area contributed by atoms with Crippen molar-refractivity contribution in [1.29, 1.82) is 0 Å². The molecule has 0 spiro atoms. The first-order valence-corrected chi connectivity index (χ1v) is 7.25. The molecule has 0 aliphatic rings. The lowest BCUT2D eigenvalue weighted by Crippen LogP contribution is -2.30. The Morgan fingerprint density at radius 1 is 1.14 bits per heavy atom. The van der Waals surface area contributed by atoms with Crippen molar-refractivity contribution in [2.75, 3.05) is 13.2 Å². The zero-order valence-corrected chi connectivity index (χ0v) is 13.4. The molecule has 1 rings (SSSR count). The fraction of sp³-hybridized carbons (Fsp3) is 0.500. The van der Waals surface area contributed by atoms with E-state index in [1.165, 1.54) is 13.0 Å². The molecule has 0 aliphatic heterocycles. The molecule has 22 heavy (non-hydrogen) atoms. The first kappa shape index (κ1) is 17.8. The molecule has 0 aliphatic carbocycles. The number of hydrogen-bond donors (Lipinski definition) is 1. The molecule has 0 heterocycles. The maximum Gasteiger partial charge on any atom is 0.339 e. The predicted molar refractivity (Wildman–Crippen MR) is 82.0 cm³/mol. The molecular weight excluding hydrogens is 286 g/mol. The van der Waals surface area contributed by atoms with Crippen LogP contribution in [0.3, 0.4) is 0 Å². The average molecular weight is 309 g/mol. The highest BCUT2D eigenvalue weighted by molar-refractivity contribution is 5.92. The SMILES string of the molecule is CCOc1cc(C(=O)O[C@H](C)C(N)=O)ccc1OCC(C)C. The smallest absolute Gasteiger partial charge is 0.339 e. The molecule has 6 heteroatoms. The van der Waals surface area contributed by atoms with E-state index in [9.17, 15) is 9.59 Å². The van der Waals surface area contributed by atoms with Gasteiger partial charge in [0.15, 0.2) is 17.6 Å². The number of nitrogens with two attached hydrogens (primary N) is 1. The summed E-state index contributed by atoms with van der Waals surface area (Å²) < 4.78 is 16.1. The molecule has 0 saturated heterocycles. The first-order chi connectivity index (χ1) is 10.3. The maximum absolute atomic E-state index is 12.0. The third-order valence-electron chi connectivity index (χ3n) is 2.74. The van der Waals surface area contributed by atoms with Crippen LogP contribution in [-0.4, -0.2) is 31.2 Å². The summed E-state index contributed by atoms with van der Waals surface area (Å²) in [6.07, 6.45) is -0.986. The Morgan fingerprint density at radius 3 is 2.36 bits per heavy atom. The maximum atomic E-state index is 12.0. The second-order valence-corrected chi connectivity index (χ2v) is 5.25. The van der Waals surface area contributed by atoms with Gasteiger partial charge in [-0.1, -0.05) is 13.8 Å². The van der Waals surface area contributed by atoms with E-state index in [1.54, 1.807) is 12.1 Å². The molecular formula is C16H23NO5. The van der Waals surface area contributed by atoms with E-state index in [2.05, 4.69) is 0 Å². The van der Waals surface area contributed by atoms with Gasteiger partial charge in [-0.3, -0.25) is 4.79 Å². The van der Waals surface area contributed by atoms with Gasteiger partial charge >= 0.3 is 5.97 Å². The van der Waals surface area contributed by atoms with E-state index >= 15 is 0 Å². The van der Waals surface area contributed by atoms with Crippen molar-refractivity contribution in [3.8, 4) is 11.5 Å². The van der Waals surface area contributed by atoms with Crippen LogP contribution < -0.4 is 15.2 Å². The van der Waals surface area contributed by atoms with Crippen LogP contribution in [0.2, 0.25) is 0 Å². The van der Waals surface area contributed by atoms with Gasteiger partial charge in [0.25, 0.3) is 5.91 Å². The van der Waals surface area contributed by atoms with Crippen LogP contribution in [0.15, 0.2) is 18.2 Å². The van der Waals surface area contributed by atoms with Crippen molar-refractivity contribution >= 4 is 11.9 Å². The molecule has 0 aromatic heterocycles. The minimum Gasteiger partial charge on any atom is -0.490 e. The topological polar surface area (TPSA) is 87.9 Å². The number of benzene rings is 1. The minimum atomic E-state index is -0.986. The largest absolute Gasteiger partial charge is 0.490 e. The summed E-state index contributed by atoms with van der Waals surface area (Å²) >= 11 is 0. The molecule has 0 fully saturated rings. The van der Waals surface area contributed by atoms with Gasteiger partial charge in [-0.25, -0.2) is 4.79 Å². The van der Waals surface area contributed by atoms with Crippen LogP contribution in [0, 0.1) is 5.92 Å². The standard InChI is InChI=1S/C16H23NO5/c1-5-20-14-8-12(16(19)22-11(4)15(17)18)6-7-13(14)21-9-10(2)3/h6-8,10-11H,5,9H2,1-4H3,(H2,17,18)/t11-/m1/s1. The highest BCUT2D eigenvalue weighted by Gasteiger charge is 2.18. The third-order valence-corrected chi connectivity index (χ3v) is 2.74. The van der Waals surface area contributed by atoms with Crippen LogP contribution in [0.25, 0.3) is 0 Å². The summed E-state index contributed by atoms with van der Waals surface area (Å²) in [4.78, 5) is 22.9. The van der Waals surface area contributed by atoms with E-state index in [1.807, 2.05) is 20.8 Å². The van der Waals surface area contributed by atoms with Gasteiger partial charge in [0.1, 0.15) is 0 Å². The first-order valence-electron chi connectivity index (χ1n) is 7.25. The molecule has 1 aromatic rings. The highest BCUT2D eigenvalue weighted by atomic mass is 16.5. The summed E-state index contributed by atoms with van der Waals surface area (Å²) in [5.74, 6) is 0.0628. The van der Waals surface area contributed by atoms with Crippen LogP contribution >= 0.6 is 0 Å². The number of ether oxygens (including phenoxy) is 3. The van der Waals surface area contributed by atoms with Crippen molar-refractivity contribution in [3.63, 3.8) is 0 Å². The monoisotopic (exact) mass is 309 g/mol. The molecule has 0 bridgehead atoms. The second kappa shape index (κ2) is 8.26. The molecule has 0 saturated carbocycles. The Labute approximate surface area is 130 Å². The molecule has 2 N–H and O–H groups in total. The lowest BCUT2D eigenvalue weighted by molar-refractivity contribution is -0.125. The van der Waals surface area contributed by atoms with Gasteiger partial charge in [-0.05, 0) is 38.0 Å². The Bertz CT molecular complexity index is 527. The van der Waals surface area contributed by atoms with Gasteiger partial charge in [-0.15, -0.1) is 0 Å². The minimum absolute atomic E-state index is 0.272. The summed E-state index contributed by atoms with van der Waals surface area (Å²) in [6, 6.07) is 4.75. The lowest BCUT2D eigenvalue weighted by atomic mass is 10.2. The lowest BCUT2D eigenvalue weighted by Gasteiger charge is -2.15. The van der Waals surface area contributed by atoms with Gasteiger partial charge in [0.2, 0.25) is 0 Å². The summed E-state index contributed by atoms with van der Waals surface area (Å²) in [7, 11) is 0. The zero-order chi connectivity index (χ0) is 16.7. The Morgan fingerprint density at radius 2 is 1.82 bits per heavy atom. The van der Waals surface area contributed by atoms with Crippen molar-refractivity contribution in [1.82, 2.24) is 0 Å². The molecule has 1 aromatic carbocycles. The second-order valence-electron chi connectivity index (χ2n) is 5.25. The number of rotatable bonds is 8. The Balaban J connectivity index is 2.91. The molecule has 6 nitrogen and oxygen atoms in total. The van der Waals surface area contributed by atoms with E-state index < -0.39 is 18.0 Å². The van der Waals surface area contributed by atoms with Crippen molar-refractivity contribution in [3.05, 3.63) is 23.8 Å². The van der Waals surface area contributed by atoms with Crippen LogP contribution in [-0.2, 0) is 9.53 Å². The van der Waals surface area contributed by atoms with Crippen LogP contribution in [0.5, 0.6) is 11.5 Å². The van der Waals surface area contributed by atoms with Gasteiger partial charge in [-0.2, -0.15) is 0 Å². The van der Waals surface area contributed by atoms with Gasteiger partial charge < -0.3 is 19.9 Å². The normalized spacial score (nSPS) is 11.9. The fourth-order valence-electron chi connectivity index (χ4n) is 1.57. The molecule has 0 radical (unpaired) electrons. The van der Waals surface area contributed by atoms with Crippen molar-refractivity contribution < 1.29 is 23.8 Å². The number of carbonyl (C=O) groups is 2. The van der Waals surface area contributed by atoms with E-state index in [-0.39, 0.29) is 5.56 Å². The van der Waals surface area contributed by atoms with Crippen LogP contribution in [0.1, 0.15) is 38.1 Å². The number of primary amides is 1. The van der Waals surface area contributed by atoms with Crippen molar-refractivity contribution in [2.24, 2.45) is 11.7 Å². The summed E-state index contributed by atoms with van der Waals surface area (Å²) in [5, 5.41) is 0. The number of esters is 1. The van der Waals surface area contributed by atoms with Gasteiger partial charge in [0, 0.05) is 0 Å². The zero-order valence-electron chi connectivity index (χ0n) is 13.4. The number of amides is 1. The highest BCUT2D eigenvalue weighted by Crippen LogP contribution is 2.29. The molecule has 122 valence electrons. The van der Waals surface area contributed by atoms with E-state index in [0.29, 0.717) is 30.6 Å². The molecule has 1 atom stereocenters. The third kappa shape index (κ3) is 5.27. The average Bonchev–Trinajstić information content (AvgIpc) is 2.45. The van der Waals surface area contributed by atoms with Crippen LogP contribution in [0.4, 0.5) is 0 Å². The summed E-state index contributed by atoms with van der Waals surface area (Å²) in [6.45, 7) is 8.32. The van der Waals surface area contributed by atoms with E-state index in [0.717, 1.165) is 0 Å². The number of hydrogen-bond acceptors (Lipinski definition) is 5. The summed E-state index contributed by atoms with van der Waals surface area (Å²) in [5.41, 5.74) is 5.34. The van der Waals surface area contributed by atoms with Gasteiger partial charge in [0.05, 0.1) is 18.8 Å².